The van der Waals surface area contributed by atoms with E-state index in [4.69, 9.17) is 31.1 Å². The van der Waals surface area contributed by atoms with E-state index in [0.29, 0.717) is 54.0 Å². The maximum absolute atomic E-state index is 12.6. The molecule has 3 heterocycles. The number of halogens is 1. The number of aromatic nitrogens is 2. The van der Waals surface area contributed by atoms with Gasteiger partial charge in [-0.25, -0.2) is 14.8 Å². The van der Waals surface area contributed by atoms with Gasteiger partial charge in [-0.15, -0.1) is 0 Å². The number of hydrogen-bond acceptors (Lipinski definition) is 8. The Labute approximate surface area is 197 Å². The van der Waals surface area contributed by atoms with Crippen LogP contribution in [-0.4, -0.2) is 58.5 Å². The normalized spacial score (nSPS) is 21.9. The number of benzene rings is 1. The second-order valence-electron chi connectivity index (χ2n) is 8.48. The van der Waals surface area contributed by atoms with Crippen LogP contribution in [0.3, 0.4) is 0 Å². The summed E-state index contributed by atoms with van der Waals surface area (Å²) in [6, 6.07) is 6.86. The molecule has 2 saturated heterocycles. The number of morpholine rings is 1. The number of fused-ring (bicyclic) bond motifs is 2. The number of anilines is 2. The molecule has 1 aromatic carbocycles. The van der Waals surface area contributed by atoms with Gasteiger partial charge >= 0.3 is 6.09 Å². The van der Waals surface area contributed by atoms with Crippen molar-refractivity contribution in [1.82, 2.24) is 14.9 Å². The zero-order chi connectivity index (χ0) is 23.5. The van der Waals surface area contributed by atoms with Crippen molar-refractivity contribution in [2.75, 3.05) is 18.5 Å². The quantitative estimate of drug-likeness (QED) is 0.690. The third-order valence-corrected chi connectivity index (χ3v) is 6.00. The molecule has 0 aliphatic carbocycles. The lowest BCUT2D eigenvalue weighted by Crippen LogP contribution is -2.61. The predicted molar refractivity (Wildman–Crippen MR) is 122 cm³/mol. The molecule has 1 aromatic heterocycles. The van der Waals surface area contributed by atoms with Crippen LogP contribution < -0.4 is 10.1 Å². The van der Waals surface area contributed by atoms with E-state index < -0.39 is 0 Å². The summed E-state index contributed by atoms with van der Waals surface area (Å²) in [4.78, 5) is 23.0. The number of nitrogens with one attached hydrogen (secondary N) is 1. The van der Waals surface area contributed by atoms with Crippen LogP contribution in [0.5, 0.6) is 5.88 Å². The summed E-state index contributed by atoms with van der Waals surface area (Å²) in [5.41, 5.74) is 1.85. The first kappa shape index (κ1) is 23.1. The molecule has 2 aliphatic heterocycles. The predicted octanol–water partition coefficient (Wildman–Crippen LogP) is 4.21. The number of carbonyl (C=O) groups is 1. The molecule has 1 N–H and O–H groups in total. The lowest BCUT2D eigenvalue weighted by Gasteiger charge is -2.47. The number of amides is 1. The summed E-state index contributed by atoms with van der Waals surface area (Å²) in [6.45, 7) is 6.46. The smallest absolute Gasteiger partial charge is 0.410 e. The van der Waals surface area contributed by atoms with Crippen LogP contribution in [0.25, 0.3) is 0 Å². The van der Waals surface area contributed by atoms with Gasteiger partial charge in [0.25, 0.3) is 0 Å². The molecule has 10 heteroatoms. The Morgan fingerprint density at radius 3 is 2.67 bits per heavy atom. The molecule has 1 amide bonds. The fraction of sp³-hybridized carbons (Fsp3) is 0.478. The second-order valence-corrected chi connectivity index (χ2v) is 8.89. The highest BCUT2D eigenvalue weighted by atomic mass is 35.5. The summed E-state index contributed by atoms with van der Waals surface area (Å²) in [6.07, 6.45) is 2.08. The maximum Gasteiger partial charge on any atom is 0.410 e. The van der Waals surface area contributed by atoms with E-state index in [2.05, 4.69) is 21.4 Å². The average Bonchev–Trinajstić information content (AvgIpc) is 2.76. The highest BCUT2D eigenvalue weighted by molar-refractivity contribution is 6.33. The number of rotatable bonds is 5. The van der Waals surface area contributed by atoms with Crippen molar-refractivity contribution in [3.05, 3.63) is 40.7 Å². The van der Waals surface area contributed by atoms with Gasteiger partial charge in [0.1, 0.15) is 18.2 Å². The number of piperidine rings is 1. The molecule has 174 valence electrons. The van der Waals surface area contributed by atoms with Crippen LogP contribution in [0.2, 0.25) is 5.02 Å². The Hall–Kier alpha value is -3.09. The minimum atomic E-state index is -0.300. The molecular weight excluding hydrogens is 446 g/mol. The van der Waals surface area contributed by atoms with Crippen LogP contribution in [0.1, 0.15) is 37.8 Å². The third kappa shape index (κ3) is 5.13. The van der Waals surface area contributed by atoms with E-state index >= 15 is 0 Å². The molecule has 2 bridgehead atoms. The molecule has 0 saturated carbocycles. The Balaban J connectivity index is 1.47. The van der Waals surface area contributed by atoms with Crippen molar-refractivity contribution in [3.63, 3.8) is 0 Å². The van der Waals surface area contributed by atoms with Gasteiger partial charge in [-0.1, -0.05) is 11.6 Å². The molecule has 0 spiro atoms. The molecule has 2 aliphatic rings. The first-order chi connectivity index (χ1) is 15.9. The van der Waals surface area contributed by atoms with Gasteiger partial charge in [0, 0.05) is 12.8 Å². The van der Waals surface area contributed by atoms with Gasteiger partial charge < -0.3 is 19.5 Å². The van der Waals surface area contributed by atoms with Gasteiger partial charge in [-0.2, -0.15) is 5.26 Å². The molecular formula is C23H26ClN5O4. The second kappa shape index (κ2) is 9.81. The highest BCUT2D eigenvalue weighted by Crippen LogP contribution is 2.33. The fourth-order valence-electron chi connectivity index (χ4n) is 4.17. The van der Waals surface area contributed by atoms with Gasteiger partial charge in [0.2, 0.25) is 5.88 Å². The van der Waals surface area contributed by atoms with Gasteiger partial charge in [-0.05, 0) is 39.0 Å². The van der Waals surface area contributed by atoms with Crippen molar-refractivity contribution in [2.45, 2.75) is 57.9 Å². The van der Waals surface area contributed by atoms with Crippen molar-refractivity contribution in [1.29, 1.82) is 5.26 Å². The molecule has 33 heavy (non-hydrogen) atoms. The van der Waals surface area contributed by atoms with Gasteiger partial charge in [-0.3, -0.25) is 4.90 Å². The average molecular weight is 472 g/mol. The molecule has 2 fully saturated rings. The molecule has 0 radical (unpaired) electrons. The van der Waals surface area contributed by atoms with Crippen LogP contribution in [0, 0.1) is 18.3 Å². The topological polar surface area (TPSA) is 110 Å². The first-order valence-electron chi connectivity index (χ1n) is 10.9. The number of nitrogens with zero attached hydrogens (tertiary/aromatic N) is 4. The standard InChI is InChI=1S/C23H26ClN5O4/c1-13(2)32-23(30)29-16-7-18(8-17(29)11-31-10-16)33-22-14(3)21(26-12-27-22)28-20-5-4-15(9-25)6-19(20)24/h4-6,12-13,16-18H,7-8,10-11H2,1-3H3,(H,26,27,28)/t16-,17-/m0/s1. The lowest BCUT2D eigenvalue weighted by atomic mass is 9.92. The summed E-state index contributed by atoms with van der Waals surface area (Å²) >= 11 is 6.29. The van der Waals surface area contributed by atoms with Crippen LogP contribution in [-0.2, 0) is 9.47 Å². The monoisotopic (exact) mass is 471 g/mol. The highest BCUT2D eigenvalue weighted by Gasteiger charge is 2.43. The Kier molecular flexibility index (Phi) is 6.86. The van der Waals surface area contributed by atoms with E-state index in [1.807, 2.05) is 20.8 Å². The van der Waals surface area contributed by atoms with Crippen molar-refractivity contribution >= 4 is 29.2 Å². The molecule has 2 aromatic rings. The van der Waals surface area contributed by atoms with E-state index in [1.54, 1.807) is 23.1 Å². The Bertz CT molecular complexity index is 1060. The van der Waals surface area contributed by atoms with Crippen LogP contribution >= 0.6 is 11.6 Å². The molecule has 2 atom stereocenters. The Morgan fingerprint density at radius 2 is 2.03 bits per heavy atom. The maximum atomic E-state index is 12.6. The van der Waals surface area contributed by atoms with Gasteiger partial charge in [0.15, 0.2) is 0 Å². The molecule has 4 rings (SSSR count). The van der Waals surface area contributed by atoms with Gasteiger partial charge in [0.05, 0.1) is 59.3 Å². The van der Waals surface area contributed by atoms with Crippen molar-refractivity contribution in [2.24, 2.45) is 0 Å². The fourth-order valence-corrected chi connectivity index (χ4v) is 4.40. The summed E-state index contributed by atoms with van der Waals surface area (Å²) in [7, 11) is 0. The minimum Gasteiger partial charge on any atom is -0.474 e. The van der Waals surface area contributed by atoms with Crippen LogP contribution in [0.4, 0.5) is 16.3 Å². The first-order valence-corrected chi connectivity index (χ1v) is 11.2. The summed E-state index contributed by atoms with van der Waals surface area (Å²) in [5.74, 6) is 1.03. The molecule has 0 unspecified atom stereocenters. The van der Waals surface area contributed by atoms with Crippen LogP contribution in [0.15, 0.2) is 24.5 Å². The minimum absolute atomic E-state index is 0.106. The third-order valence-electron chi connectivity index (χ3n) is 5.69. The summed E-state index contributed by atoms with van der Waals surface area (Å²) < 4.78 is 17.4. The SMILES string of the molecule is Cc1c(Nc2ccc(C#N)cc2Cl)ncnc1OC1C[C@H]2COC[C@H](C1)N2C(=O)OC(C)C. The number of carbonyl (C=O) groups excluding carboxylic acids is 1. The van der Waals surface area contributed by atoms with E-state index in [1.165, 1.54) is 6.33 Å². The summed E-state index contributed by atoms with van der Waals surface area (Å²) in [5, 5.41) is 12.6. The van der Waals surface area contributed by atoms with Crippen molar-refractivity contribution in [3.8, 4) is 11.9 Å². The number of hydrogen-bond donors (Lipinski definition) is 1. The zero-order valence-corrected chi connectivity index (χ0v) is 19.5. The van der Waals surface area contributed by atoms with E-state index in [0.717, 1.165) is 5.56 Å². The zero-order valence-electron chi connectivity index (χ0n) is 18.7. The molecule has 9 nitrogen and oxygen atoms in total. The number of nitriles is 1. The largest absolute Gasteiger partial charge is 0.474 e. The number of ether oxygens (including phenoxy) is 3. The lowest BCUT2D eigenvalue weighted by molar-refractivity contribution is -0.0934. The van der Waals surface area contributed by atoms with Crippen molar-refractivity contribution < 1.29 is 19.0 Å². The van der Waals surface area contributed by atoms with E-state index in [9.17, 15) is 4.79 Å². The van der Waals surface area contributed by atoms with E-state index in [-0.39, 0.29) is 30.4 Å². The Morgan fingerprint density at radius 1 is 1.30 bits per heavy atom.